The van der Waals surface area contributed by atoms with Crippen molar-refractivity contribution >= 4 is 11.6 Å². The molecular formula is C21H18F3N3O2. The van der Waals surface area contributed by atoms with Crippen molar-refractivity contribution in [2.45, 2.75) is 32.2 Å². The second kappa shape index (κ2) is 7.62. The van der Waals surface area contributed by atoms with Gasteiger partial charge in [0.15, 0.2) is 0 Å². The lowest BCUT2D eigenvalue weighted by Crippen LogP contribution is -2.21. The fourth-order valence-corrected chi connectivity index (χ4v) is 3.42. The van der Waals surface area contributed by atoms with Crippen LogP contribution in [0.1, 0.15) is 29.0 Å². The largest absolute Gasteiger partial charge is 0.573 e. The molecule has 1 amide bonds. The van der Waals surface area contributed by atoms with Crippen molar-refractivity contribution in [2.24, 2.45) is 0 Å². The lowest BCUT2D eigenvalue weighted by atomic mass is 10.1. The lowest BCUT2D eigenvalue weighted by Gasteiger charge is -2.14. The molecule has 0 aliphatic carbocycles. The Balaban J connectivity index is 1.63. The van der Waals surface area contributed by atoms with E-state index in [2.05, 4.69) is 19.6 Å². The number of hydrogen-bond donors (Lipinski definition) is 1. The summed E-state index contributed by atoms with van der Waals surface area (Å²) in [5, 5.41) is 2.70. The molecule has 4 rings (SSSR count). The van der Waals surface area contributed by atoms with E-state index < -0.39 is 18.0 Å². The third-order valence-corrected chi connectivity index (χ3v) is 4.72. The van der Waals surface area contributed by atoms with E-state index in [1.165, 1.54) is 18.2 Å². The number of hydrogen-bond acceptors (Lipinski definition) is 3. The molecule has 3 aromatic rings. The maximum Gasteiger partial charge on any atom is 0.573 e. The quantitative estimate of drug-likeness (QED) is 0.667. The smallest absolute Gasteiger partial charge is 0.405 e. The molecule has 2 heterocycles. The number of imidazole rings is 1. The van der Waals surface area contributed by atoms with E-state index in [4.69, 9.17) is 0 Å². The summed E-state index contributed by atoms with van der Waals surface area (Å²) in [6, 6.07) is 12.3. The van der Waals surface area contributed by atoms with Crippen LogP contribution in [0.4, 0.5) is 18.9 Å². The molecule has 0 fully saturated rings. The Bertz CT molecular complexity index is 1020. The number of fused-ring (bicyclic) bond motifs is 1. The van der Waals surface area contributed by atoms with Gasteiger partial charge >= 0.3 is 6.36 Å². The molecule has 0 saturated heterocycles. The van der Waals surface area contributed by atoms with Gasteiger partial charge in [-0.05, 0) is 31.0 Å². The van der Waals surface area contributed by atoms with Gasteiger partial charge in [0.25, 0.3) is 5.91 Å². The molecule has 0 saturated carbocycles. The third kappa shape index (κ3) is 4.26. The van der Waals surface area contributed by atoms with Gasteiger partial charge in [0.1, 0.15) is 11.6 Å². The SMILES string of the molecule is O=C(Nc1ccccc1-c1cn2c(n1)CCCC2)c1ccccc1OC(F)(F)F. The summed E-state index contributed by atoms with van der Waals surface area (Å²) in [4.78, 5) is 17.4. The predicted molar refractivity (Wildman–Crippen MR) is 102 cm³/mol. The number of carbonyl (C=O) groups is 1. The number of nitrogens with one attached hydrogen (secondary N) is 1. The molecular weight excluding hydrogens is 383 g/mol. The zero-order chi connectivity index (χ0) is 20.4. The number of rotatable bonds is 4. The summed E-state index contributed by atoms with van der Waals surface area (Å²) >= 11 is 0. The summed E-state index contributed by atoms with van der Waals surface area (Å²) in [5.74, 6) is -0.245. The van der Waals surface area contributed by atoms with Crippen molar-refractivity contribution in [3.8, 4) is 17.0 Å². The second-order valence-corrected chi connectivity index (χ2v) is 6.74. The molecule has 2 aromatic carbocycles. The molecule has 1 aliphatic rings. The van der Waals surface area contributed by atoms with Gasteiger partial charge < -0.3 is 14.6 Å². The van der Waals surface area contributed by atoms with Crippen molar-refractivity contribution in [1.82, 2.24) is 9.55 Å². The van der Waals surface area contributed by atoms with Crippen molar-refractivity contribution in [3.63, 3.8) is 0 Å². The normalized spacial score (nSPS) is 13.6. The van der Waals surface area contributed by atoms with E-state index in [0.717, 1.165) is 43.4 Å². The van der Waals surface area contributed by atoms with E-state index in [1.54, 1.807) is 12.1 Å². The minimum atomic E-state index is -4.89. The molecule has 0 bridgehead atoms. The third-order valence-electron chi connectivity index (χ3n) is 4.72. The number of ether oxygens (including phenoxy) is 1. The molecule has 150 valence electrons. The second-order valence-electron chi connectivity index (χ2n) is 6.74. The number of amides is 1. The Hall–Kier alpha value is -3.29. The van der Waals surface area contributed by atoms with Crippen LogP contribution in [0, 0.1) is 0 Å². The van der Waals surface area contributed by atoms with Gasteiger partial charge in [0.05, 0.1) is 16.9 Å². The molecule has 0 radical (unpaired) electrons. The van der Waals surface area contributed by atoms with Crippen LogP contribution in [-0.2, 0) is 13.0 Å². The summed E-state index contributed by atoms with van der Waals surface area (Å²) < 4.78 is 44.0. The van der Waals surface area contributed by atoms with Gasteiger partial charge in [0.2, 0.25) is 0 Å². The monoisotopic (exact) mass is 401 g/mol. The topological polar surface area (TPSA) is 56.2 Å². The Labute approximate surface area is 165 Å². The molecule has 5 nitrogen and oxygen atoms in total. The van der Waals surface area contributed by atoms with Crippen molar-refractivity contribution in [1.29, 1.82) is 0 Å². The highest BCUT2D eigenvalue weighted by molar-refractivity contribution is 6.07. The number of halogens is 3. The predicted octanol–water partition coefficient (Wildman–Crippen LogP) is 5.04. The van der Waals surface area contributed by atoms with Gasteiger partial charge in [-0.3, -0.25) is 4.79 Å². The standard InChI is InChI=1S/C21H18F3N3O2/c22-21(23,24)29-18-10-4-2-8-15(18)20(28)26-16-9-3-1-7-14(16)17-13-27-12-6-5-11-19(27)25-17/h1-4,7-10,13H,5-6,11-12H2,(H,26,28). The van der Waals surface area contributed by atoms with E-state index in [0.29, 0.717) is 11.3 Å². The van der Waals surface area contributed by atoms with Crippen molar-refractivity contribution in [3.05, 3.63) is 66.1 Å². The van der Waals surface area contributed by atoms with Crippen molar-refractivity contribution in [2.75, 3.05) is 5.32 Å². The van der Waals surface area contributed by atoms with Gasteiger partial charge in [0, 0.05) is 24.7 Å². The van der Waals surface area contributed by atoms with Crippen LogP contribution >= 0.6 is 0 Å². The minimum Gasteiger partial charge on any atom is -0.405 e. The Morgan fingerprint density at radius 1 is 1.07 bits per heavy atom. The number of benzene rings is 2. The Morgan fingerprint density at radius 2 is 1.83 bits per heavy atom. The van der Waals surface area contributed by atoms with Crippen LogP contribution in [0.3, 0.4) is 0 Å². The minimum absolute atomic E-state index is 0.205. The van der Waals surface area contributed by atoms with Gasteiger partial charge in [-0.25, -0.2) is 4.98 Å². The first-order valence-electron chi connectivity index (χ1n) is 9.22. The number of aryl methyl sites for hydroxylation is 2. The average molecular weight is 401 g/mol. The van der Waals surface area contributed by atoms with Crippen LogP contribution in [-0.4, -0.2) is 21.8 Å². The van der Waals surface area contributed by atoms with Crippen LogP contribution < -0.4 is 10.1 Å². The highest BCUT2D eigenvalue weighted by Crippen LogP contribution is 2.31. The van der Waals surface area contributed by atoms with Gasteiger partial charge in [-0.2, -0.15) is 0 Å². The molecule has 29 heavy (non-hydrogen) atoms. The van der Waals surface area contributed by atoms with Gasteiger partial charge in [-0.15, -0.1) is 13.2 Å². The summed E-state index contributed by atoms with van der Waals surface area (Å²) in [7, 11) is 0. The first kappa shape index (κ1) is 19.0. The average Bonchev–Trinajstić information content (AvgIpc) is 3.11. The zero-order valence-corrected chi connectivity index (χ0v) is 15.4. The Kier molecular flexibility index (Phi) is 5.00. The van der Waals surface area contributed by atoms with E-state index in [-0.39, 0.29) is 5.56 Å². The Morgan fingerprint density at radius 3 is 2.62 bits per heavy atom. The zero-order valence-electron chi connectivity index (χ0n) is 15.4. The molecule has 0 atom stereocenters. The van der Waals surface area contributed by atoms with Crippen molar-refractivity contribution < 1.29 is 22.7 Å². The molecule has 8 heteroatoms. The number of anilines is 1. The maximum absolute atomic E-state index is 12.7. The first-order valence-corrected chi connectivity index (χ1v) is 9.22. The summed E-state index contributed by atoms with van der Waals surface area (Å²) in [6.07, 6.45) is 0.142. The van der Waals surface area contributed by atoms with Crippen LogP contribution in [0.25, 0.3) is 11.3 Å². The van der Waals surface area contributed by atoms with E-state index in [9.17, 15) is 18.0 Å². The number of alkyl halides is 3. The van der Waals surface area contributed by atoms with Gasteiger partial charge in [-0.1, -0.05) is 30.3 Å². The molecule has 0 unspecified atom stereocenters. The molecule has 0 spiro atoms. The maximum atomic E-state index is 12.7. The molecule has 1 N–H and O–H groups in total. The highest BCUT2D eigenvalue weighted by Gasteiger charge is 2.33. The van der Waals surface area contributed by atoms with Crippen LogP contribution in [0.2, 0.25) is 0 Å². The molecule has 1 aliphatic heterocycles. The van der Waals surface area contributed by atoms with Crippen LogP contribution in [0.5, 0.6) is 5.75 Å². The number of nitrogens with zero attached hydrogens (tertiary/aromatic N) is 2. The lowest BCUT2D eigenvalue weighted by molar-refractivity contribution is -0.274. The molecule has 1 aromatic heterocycles. The fraction of sp³-hybridized carbons (Fsp3) is 0.238. The number of carbonyl (C=O) groups excluding carboxylic acids is 1. The van der Waals surface area contributed by atoms with Crippen LogP contribution in [0.15, 0.2) is 54.7 Å². The summed E-state index contributed by atoms with van der Waals surface area (Å²) in [5.41, 5.74) is 1.69. The first-order chi connectivity index (χ1) is 13.9. The number of para-hydroxylation sites is 2. The number of aromatic nitrogens is 2. The van der Waals surface area contributed by atoms with E-state index in [1.807, 2.05) is 18.3 Å². The highest BCUT2D eigenvalue weighted by atomic mass is 19.4. The summed E-state index contributed by atoms with van der Waals surface area (Å²) in [6.45, 7) is 0.902. The fourth-order valence-electron chi connectivity index (χ4n) is 3.42. The van der Waals surface area contributed by atoms with E-state index >= 15 is 0 Å².